The largest absolute Gasteiger partial charge is 0.479 e. The number of hydrogen-bond acceptors (Lipinski definition) is 23. The van der Waals surface area contributed by atoms with Gasteiger partial charge >= 0.3 is 18.0 Å². The lowest BCUT2D eigenvalue weighted by molar-refractivity contribution is -0.271. The van der Waals surface area contributed by atoms with Crippen LogP contribution in [0.1, 0.15) is 128 Å². The van der Waals surface area contributed by atoms with Gasteiger partial charge in [-0.1, -0.05) is 55.9 Å². The Morgan fingerprint density at radius 3 is 2.34 bits per heavy atom. The summed E-state index contributed by atoms with van der Waals surface area (Å²) in [4.78, 5) is 121. The summed E-state index contributed by atoms with van der Waals surface area (Å²) in [6.45, 7) is 6.98. The number of fused-ring (bicyclic) bond motifs is 2. The lowest BCUT2D eigenvalue weighted by Gasteiger charge is -2.69. The van der Waals surface area contributed by atoms with E-state index in [1.54, 1.807) is 36.7 Å². The number of pyridine rings is 2. The molecule has 4 aliphatic carbocycles. The second-order valence-corrected chi connectivity index (χ2v) is 31.3. The van der Waals surface area contributed by atoms with Crippen LogP contribution < -0.4 is 25.6 Å². The number of ether oxygens (including phenoxy) is 4. The second kappa shape index (κ2) is 30.8. The third-order valence-corrected chi connectivity index (χ3v) is 21.9. The van der Waals surface area contributed by atoms with Crippen molar-refractivity contribution in [3.63, 3.8) is 0 Å². The molecular formula is C72H83N11O20S2. The van der Waals surface area contributed by atoms with E-state index in [0.717, 1.165) is 58.7 Å². The van der Waals surface area contributed by atoms with E-state index < -0.39 is 94.5 Å². The maximum Gasteiger partial charge on any atom is 0.410 e. The number of carbonyl (C=O) groups excluding carboxylic acids is 6. The van der Waals surface area contributed by atoms with E-state index in [1.807, 2.05) is 34.7 Å². The van der Waals surface area contributed by atoms with Crippen molar-refractivity contribution in [3.05, 3.63) is 125 Å². The molecule has 5 fully saturated rings. The highest BCUT2D eigenvalue weighted by Gasteiger charge is 2.66. The third-order valence-electron chi connectivity index (χ3n) is 20.3. The third kappa shape index (κ3) is 17.4. The van der Waals surface area contributed by atoms with Gasteiger partial charge in [-0.15, -0.1) is 0 Å². The number of aliphatic hydroxyl groups excluding tert-OH is 3. The number of hydrogen-bond donors (Lipinski definition) is 9. The zero-order valence-electron chi connectivity index (χ0n) is 58.0. The summed E-state index contributed by atoms with van der Waals surface area (Å²) >= 11 is 1.28. The molecule has 4 aromatic heterocycles. The van der Waals surface area contributed by atoms with Crippen molar-refractivity contribution in [3.8, 4) is 16.9 Å². The number of nitrogens with one attached hydrogen (secondary N) is 3. The predicted octanol–water partition coefficient (Wildman–Crippen LogP) is 6.15. The fraction of sp³-hybridized carbons (Fsp3) is 0.472. The number of carboxylic acid groups (broad SMARTS) is 2. The Labute approximate surface area is 607 Å². The van der Waals surface area contributed by atoms with Crippen LogP contribution in [0.15, 0.2) is 91.3 Å². The number of thiazole rings is 1. The van der Waals surface area contributed by atoms with Crippen LogP contribution in [-0.4, -0.2) is 209 Å². The molecule has 558 valence electrons. The number of aliphatic hydroxyl groups is 3. The van der Waals surface area contributed by atoms with E-state index in [1.165, 1.54) is 53.8 Å². The molecule has 105 heavy (non-hydrogen) atoms. The average molecular weight is 1490 g/mol. The Kier molecular flexibility index (Phi) is 22.1. The van der Waals surface area contributed by atoms with E-state index in [2.05, 4.69) is 39.8 Å². The quantitative estimate of drug-likeness (QED) is 0.0139. The van der Waals surface area contributed by atoms with Gasteiger partial charge in [0.05, 0.1) is 29.8 Å². The van der Waals surface area contributed by atoms with Gasteiger partial charge in [-0.2, -0.15) is 13.5 Å². The Morgan fingerprint density at radius 2 is 1.61 bits per heavy atom. The summed E-state index contributed by atoms with van der Waals surface area (Å²) in [7, 11) is -4.56. The predicted molar refractivity (Wildman–Crippen MR) is 379 cm³/mol. The molecule has 4 saturated carbocycles. The van der Waals surface area contributed by atoms with Crippen molar-refractivity contribution in [2.24, 2.45) is 16.2 Å². The van der Waals surface area contributed by atoms with Crippen LogP contribution in [0.3, 0.4) is 0 Å². The van der Waals surface area contributed by atoms with Crippen molar-refractivity contribution in [1.29, 1.82) is 0 Å². The molecule has 7 heterocycles. The minimum atomic E-state index is -4.56. The molecule has 13 rings (SSSR count). The number of carbonyl (C=O) groups is 8. The topological polar surface area (TPSA) is 431 Å². The van der Waals surface area contributed by atoms with Gasteiger partial charge in [0, 0.05) is 99.4 Å². The molecule has 2 aromatic carbocycles. The van der Waals surface area contributed by atoms with E-state index in [4.69, 9.17) is 29.0 Å². The van der Waals surface area contributed by atoms with Crippen LogP contribution >= 0.6 is 11.3 Å². The van der Waals surface area contributed by atoms with E-state index >= 15 is 0 Å². The van der Waals surface area contributed by atoms with Crippen molar-refractivity contribution in [1.82, 2.24) is 39.8 Å². The smallest absolute Gasteiger partial charge is 0.410 e. The lowest BCUT2D eigenvalue weighted by atomic mass is 9.39. The van der Waals surface area contributed by atoms with Crippen LogP contribution in [-0.2, 0) is 67.8 Å². The summed E-state index contributed by atoms with van der Waals surface area (Å²) in [5.41, 5.74) is 3.62. The Balaban J connectivity index is 0.677. The zero-order valence-corrected chi connectivity index (χ0v) is 59.6. The molecule has 0 spiro atoms. The van der Waals surface area contributed by atoms with E-state index in [0.29, 0.717) is 95.3 Å². The number of amides is 6. The van der Waals surface area contributed by atoms with Gasteiger partial charge in [-0.3, -0.25) is 43.4 Å². The fourth-order valence-electron chi connectivity index (χ4n) is 16.7. The molecule has 31 nitrogen and oxygen atoms in total. The maximum absolute atomic E-state index is 13.9. The molecule has 3 aliphatic heterocycles. The summed E-state index contributed by atoms with van der Waals surface area (Å²) in [6, 6.07) is 17.0. The molecule has 33 heteroatoms. The molecular weight excluding hydrogens is 1400 g/mol. The summed E-state index contributed by atoms with van der Waals surface area (Å²) in [5.74, 6) is -5.50. The Hall–Kier alpha value is -9.61. The number of rotatable bonds is 30. The molecule has 7 atom stereocenters. The van der Waals surface area contributed by atoms with Crippen LogP contribution in [0.2, 0.25) is 0 Å². The van der Waals surface area contributed by atoms with E-state index in [-0.39, 0.29) is 90.9 Å². The fourth-order valence-corrected chi connectivity index (χ4v) is 18.0. The summed E-state index contributed by atoms with van der Waals surface area (Å²) in [6.07, 6.45) is 4.65. The molecule has 1 saturated heterocycles. The number of unbranched alkanes of at least 4 members (excludes halogenated alkanes) is 2. The SMILES string of the molecule is Cc1c(-c2ccc(N3CCc4cccc(C(=O)Nc5nc6cccnc6s5)c4C3)nc2C(=O)O)cnn1CC12CC3(C)CC(C)(C1)CC(OCCN(CCS(=O)(=O)O)C(=O)OC/C=C/c1ccc(O[C@@H]4O[C@H](C(=O)O)[C@@H](O)[C@H](O)[C@H]4O)c(NC(=O)CCNC(=O)CCCCCN4C(=O)C=CC4=O)c1)(C3)C2. The van der Waals surface area contributed by atoms with Gasteiger partial charge in [0.15, 0.2) is 16.9 Å². The number of imide groups is 1. The minimum Gasteiger partial charge on any atom is -0.479 e. The van der Waals surface area contributed by atoms with Gasteiger partial charge in [0.1, 0.15) is 46.8 Å². The second-order valence-electron chi connectivity index (χ2n) is 28.8. The van der Waals surface area contributed by atoms with E-state index in [9.17, 15) is 76.9 Å². The van der Waals surface area contributed by atoms with Crippen LogP contribution in [0, 0.1) is 23.2 Å². The molecule has 6 aromatic rings. The van der Waals surface area contributed by atoms with Crippen molar-refractivity contribution >= 4 is 102 Å². The van der Waals surface area contributed by atoms with Gasteiger partial charge < -0.3 is 64.9 Å². The van der Waals surface area contributed by atoms with Crippen molar-refractivity contribution < 1.29 is 95.8 Å². The maximum atomic E-state index is 13.9. The van der Waals surface area contributed by atoms with Gasteiger partial charge in [0.2, 0.25) is 18.1 Å². The number of aromatic carboxylic acids is 1. The van der Waals surface area contributed by atoms with Gasteiger partial charge in [0.25, 0.3) is 27.8 Å². The number of carboxylic acids is 2. The number of aliphatic carboxylic acids is 1. The molecule has 0 radical (unpaired) electrons. The molecule has 2 unspecified atom stereocenters. The van der Waals surface area contributed by atoms with Crippen LogP contribution in [0.5, 0.6) is 5.75 Å². The number of aromatic nitrogens is 5. The summed E-state index contributed by atoms with van der Waals surface area (Å²) < 4.78 is 59.7. The normalized spacial score (nSPS) is 24.7. The zero-order chi connectivity index (χ0) is 74.8. The molecule has 9 N–H and O–H groups in total. The van der Waals surface area contributed by atoms with Crippen LogP contribution in [0.4, 0.5) is 21.4 Å². The molecule has 6 amide bonds. The van der Waals surface area contributed by atoms with Crippen molar-refractivity contribution in [2.45, 2.75) is 147 Å². The van der Waals surface area contributed by atoms with Crippen molar-refractivity contribution in [2.75, 3.05) is 67.2 Å². The first-order valence-corrected chi connectivity index (χ1v) is 37.1. The minimum absolute atomic E-state index is 0.0179. The van der Waals surface area contributed by atoms with Gasteiger partial charge in [-0.05, 0) is 146 Å². The highest BCUT2D eigenvalue weighted by Crippen LogP contribution is 2.72. The highest BCUT2D eigenvalue weighted by atomic mass is 32.2. The standard InChI is InChI=1S/C72H83N11O20S2/c1-42-47(45-16-18-52(78-57(45)64(92)93)81-26-22-44-11-7-12-46(48(44)34-81)62(91)79-67-77-49-13-8-23-74-63(49)104-67)33-75-83(42)41-71-36-69(2)35-70(3,37-71)39-72(38-69,40-71)101-30-27-80(28-31-105(97,98)99)68(96)100-29-9-10-43-15-17-51(102-66-60(90)58(88)59(89)61(103-66)65(94)95)50(32-43)76-54(85)21-24-73-53(84)14-5-4-6-25-82-55(86)19-20-56(82)87/h7-13,15-20,23,32-33,58-61,66,88-90H,4-6,14,21-22,24-31,34-41H2,1-3H3,(H,73,84)(H,76,85)(H,92,93)(H,94,95)(H,77,79,91)(H,97,98,99)/b10-9+/t58-,59-,60+,61-,66+,69?,70?,71?,72?/m0/s1. The highest BCUT2D eigenvalue weighted by molar-refractivity contribution is 7.85. The Bertz CT molecular complexity index is 4490. The number of benzene rings is 2. The first-order valence-electron chi connectivity index (χ1n) is 34.6. The molecule has 7 aliphatic rings. The average Bonchev–Trinajstić information content (AvgIpc) is 0.856. The summed E-state index contributed by atoms with van der Waals surface area (Å²) in [5, 5.41) is 65.5. The number of nitrogens with zero attached hydrogens (tertiary/aromatic N) is 8. The molecule has 4 bridgehead atoms. The van der Waals surface area contributed by atoms with Crippen LogP contribution in [0.25, 0.3) is 27.6 Å². The Morgan fingerprint density at radius 1 is 0.838 bits per heavy atom. The van der Waals surface area contributed by atoms with Gasteiger partial charge in [-0.25, -0.2) is 29.3 Å². The monoisotopic (exact) mass is 1490 g/mol. The first-order chi connectivity index (χ1) is 50.0. The lowest BCUT2D eigenvalue weighted by Crippen LogP contribution is -2.64. The first kappa shape index (κ1) is 75.1. The number of anilines is 3.